The van der Waals surface area contributed by atoms with E-state index in [0.29, 0.717) is 16.1 Å². The minimum Gasteiger partial charge on any atom is -0.298 e. The first kappa shape index (κ1) is 19.3. The summed E-state index contributed by atoms with van der Waals surface area (Å²) in [6.07, 6.45) is 4.27. The quantitative estimate of drug-likeness (QED) is 0.496. The van der Waals surface area contributed by atoms with Crippen LogP contribution in [0.2, 0.25) is 5.02 Å². The number of aromatic nitrogens is 1. The molecule has 0 radical (unpaired) electrons. The van der Waals surface area contributed by atoms with Gasteiger partial charge in [-0.15, -0.1) is 11.3 Å². The molecule has 0 saturated heterocycles. The predicted octanol–water partition coefficient (Wildman–Crippen LogP) is 6.31. The highest BCUT2D eigenvalue weighted by molar-refractivity contribution is 7.14. The third-order valence-electron chi connectivity index (χ3n) is 3.90. The van der Waals surface area contributed by atoms with Gasteiger partial charge in [-0.3, -0.25) is 10.1 Å². The van der Waals surface area contributed by atoms with E-state index in [1.807, 2.05) is 17.5 Å². The Bertz CT molecular complexity index is 945. The number of hydrogen-bond donors (Lipinski definition) is 1. The minimum atomic E-state index is -0.219. The number of carbonyl (C=O) groups is 1. The molecule has 3 rings (SSSR count). The van der Waals surface area contributed by atoms with Crippen molar-refractivity contribution in [1.29, 1.82) is 0 Å². The largest absolute Gasteiger partial charge is 0.298 e. The monoisotopic (exact) mass is 396 g/mol. The zero-order valence-corrected chi connectivity index (χ0v) is 16.8. The summed E-state index contributed by atoms with van der Waals surface area (Å²) in [6.45, 7) is 4.42. The van der Waals surface area contributed by atoms with Gasteiger partial charge in [-0.05, 0) is 41.7 Å². The fourth-order valence-corrected chi connectivity index (χ4v) is 3.60. The molecule has 0 saturated carbocycles. The Balaban J connectivity index is 1.62. The number of benzene rings is 2. The van der Waals surface area contributed by atoms with E-state index in [4.69, 9.17) is 11.6 Å². The molecular weight excluding hydrogens is 376 g/mol. The van der Waals surface area contributed by atoms with Crippen molar-refractivity contribution in [2.24, 2.45) is 5.92 Å². The summed E-state index contributed by atoms with van der Waals surface area (Å²) in [5, 5.41) is 5.98. The molecule has 0 spiro atoms. The number of nitrogens with zero attached hydrogens (tertiary/aromatic N) is 1. The Kier molecular flexibility index (Phi) is 6.43. The summed E-state index contributed by atoms with van der Waals surface area (Å²) in [5.41, 5.74) is 4.11. The second-order valence-corrected chi connectivity index (χ2v) is 8.00. The summed E-state index contributed by atoms with van der Waals surface area (Å²) >= 11 is 7.36. The predicted molar refractivity (Wildman–Crippen MR) is 115 cm³/mol. The van der Waals surface area contributed by atoms with Gasteiger partial charge >= 0.3 is 0 Å². The molecule has 5 heteroatoms. The molecular formula is C22H21ClN2OS. The third-order valence-corrected chi connectivity index (χ3v) is 4.90. The van der Waals surface area contributed by atoms with Crippen LogP contribution in [0.5, 0.6) is 0 Å². The summed E-state index contributed by atoms with van der Waals surface area (Å²) in [6, 6.07) is 15.8. The zero-order valence-electron chi connectivity index (χ0n) is 15.3. The smallest absolute Gasteiger partial charge is 0.250 e. The van der Waals surface area contributed by atoms with Crippen LogP contribution in [-0.2, 0) is 11.2 Å². The molecule has 1 aromatic heterocycles. The van der Waals surface area contributed by atoms with E-state index < -0.39 is 0 Å². The lowest BCUT2D eigenvalue weighted by atomic mass is 10.0. The van der Waals surface area contributed by atoms with Gasteiger partial charge < -0.3 is 0 Å². The Hall–Kier alpha value is -2.43. The number of rotatable bonds is 6. The molecule has 27 heavy (non-hydrogen) atoms. The van der Waals surface area contributed by atoms with Crippen LogP contribution in [0.15, 0.2) is 60.0 Å². The van der Waals surface area contributed by atoms with Crippen LogP contribution in [0.1, 0.15) is 25.0 Å². The van der Waals surface area contributed by atoms with Gasteiger partial charge in [-0.1, -0.05) is 61.8 Å². The summed E-state index contributed by atoms with van der Waals surface area (Å²) < 4.78 is 0. The molecule has 1 N–H and O–H groups in total. The second kappa shape index (κ2) is 8.98. The average molecular weight is 397 g/mol. The maximum atomic E-state index is 12.1. The number of carbonyl (C=O) groups excluding carboxylic acids is 1. The molecule has 1 heterocycles. The molecule has 138 valence electrons. The molecule has 0 bridgehead atoms. The summed E-state index contributed by atoms with van der Waals surface area (Å²) in [7, 11) is 0. The van der Waals surface area contributed by atoms with Crippen molar-refractivity contribution in [3.63, 3.8) is 0 Å². The molecule has 0 unspecified atom stereocenters. The van der Waals surface area contributed by atoms with Crippen LogP contribution in [-0.4, -0.2) is 10.9 Å². The number of anilines is 1. The van der Waals surface area contributed by atoms with Crippen molar-refractivity contribution in [3.05, 3.63) is 76.1 Å². The van der Waals surface area contributed by atoms with Crippen molar-refractivity contribution < 1.29 is 4.79 Å². The highest BCUT2D eigenvalue weighted by atomic mass is 35.5. The molecule has 0 aliphatic heterocycles. The van der Waals surface area contributed by atoms with Crippen LogP contribution in [0.3, 0.4) is 0 Å². The number of amides is 1. The molecule has 0 aliphatic rings. The van der Waals surface area contributed by atoms with Crippen LogP contribution in [0, 0.1) is 5.92 Å². The average Bonchev–Trinajstić information content (AvgIpc) is 3.08. The van der Waals surface area contributed by atoms with Gasteiger partial charge in [0, 0.05) is 22.0 Å². The van der Waals surface area contributed by atoms with E-state index in [1.165, 1.54) is 23.0 Å². The highest BCUT2D eigenvalue weighted by Crippen LogP contribution is 2.25. The van der Waals surface area contributed by atoms with Crippen molar-refractivity contribution in [2.75, 3.05) is 5.32 Å². The van der Waals surface area contributed by atoms with Crippen molar-refractivity contribution >= 4 is 40.1 Å². The topological polar surface area (TPSA) is 42.0 Å². The molecule has 0 fully saturated rings. The van der Waals surface area contributed by atoms with Crippen molar-refractivity contribution in [3.8, 4) is 11.3 Å². The Morgan fingerprint density at radius 2 is 2.00 bits per heavy atom. The van der Waals surface area contributed by atoms with E-state index in [9.17, 15) is 4.79 Å². The first-order valence-electron chi connectivity index (χ1n) is 8.79. The molecule has 0 aliphatic carbocycles. The lowest BCUT2D eigenvalue weighted by Gasteiger charge is -2.05. The van der Waals surface area contributed by atoms with Crippen LogP contribution in [0.4, 0.5) is 5.13 Å². The van der Waals surface area contributed by atoms with Crippen molar-refractivity contribution in [1.82, 2.24) is 4.98 Å². The number of halogens is 1. The summed E-state index contributed by atoms with van der Waals surface area (Å²) in [5.74, 6) is 0.417. The Morgan fingerprint density at radius 3 is 2.70 bits per heavy atom. The van der Waals surface area contributed by atoms with Crippen molar-refractivity contribution in [2.45, 2.75) is 20.3 Å². The minimum absolute atomic E-state index is 0.219. The van der Waals surface area contributed by atoms with Gasteiger partial charge in [0.25, 0.3) is 0 Å². The van der Waals surface area contributed by atoms with Gasteiger partial charge in [-0.25, -0.2) is 4.98 Å². The van der Waals surface area contributed by atoms with Gasteiger partial charge in [0.05, 0.1) is 5.69 Å². The highest BCUT2D eigenvalue weighted by Gasteiger charge is 2.07. The second-order valence-electron chi connectivity index (χ2n) is 6.71. The molecule has 0 atom stereocenters. The number of hydrogen-bond acceptors (Lipinski definition) is 3. The summed E-state index contributed by atoms with van der Waals surface area (Å²) in [4.78, 5) is 16.6. The fraction of sp³-hybridized carbons (Fsp3) is 0.182. The normalized spacial score (nSPS) is 11.3. The lowest BCUT2D eigenvalue weighted by Crippen LogP contribution is -2.07. The van der Waals surface area contributed by atoms with Crippen LogP contribution < -0.4 is 5.32 Å². The van der Waals surface area contributed by atoms with E-state index in [2.05, 4.69) is 48.4 Å². The molecule has 2 aromatic carbocycles. The van der Waals surface area contributed by atoms with Crippen LogP contribution >= 0.6 is 22.9 Å². The Morgan fingerprint density at radius 1 is 1.22 bits per heavy atom. The maximum absolute atomic E-state index is 12.1. The third kappa shape index (κ3) is 5.78. The van der Waals surface area contributed by atoms with Gasteiger partial charge in [0.15, 0.2) is 5.13 Å². The number of thiazole rings is 1. The van der Waals surface area contributed by atoms with Gasteiger partial charge in [-0.2, -0.15) is 0 Å². The van der Waals surface area contributed by atoms with Gasteiger partial charge in [0.1, 0.15) is 0 Å². The fourth-order valence-electron chi connectivity index (χ4n) is 2.68. The Labute approximate surface area is 168 Å². The van der Waals surface area contributed by atoms with E-state index in [0.717, 1.165) is 23.2 Å². The van der Waals surface area contributed by atoms with Crippen LogP contribution in [0.25, 0.3) is 17.3 Å². The lowest BCUT2D eigenvalue weighted by molar-refractivity contribution is -0.111. The maximum Gasteiger partial charge on any atom is 0.250 e. The standard InChI is InChI=1S/C22H21ClN2OS/c1-15(2)12-17-6-9-18(10-7-17)20-14-27-22(24-20)25-21(26)11-8-16-4-3-5-19(23)13-16/h3-11,13-15H,12H2,1-2H3,(H,24,25,26)/b11-8+. The molecule has 1 amide bonds. The molecule has 3 nitrogen and oxygen atoms in total. The van der Waals surface area contributed by atoms with E-state index in [-0.39, 0.29) is 5.91 Å². The first-order chi connectivity index (χ1) is 13.0. The van der Waals surface area contributed by atoms with E-state index >= 15 is 0 Å². The SMILES string of the molecule is CC(C)Cc1ccc(-c2csc(NC(=O)/C=C/c3cccc(Cl)c3)n2)cc1. The zero-order chi connectivity index (χ0) is 19.2. The van der Waals surface area contributed by atoms with Gasteiger partial charge in [0.2, 0.25) is 5.91 Å². The number of nitrogens with one attached hydrogen (secondary N) is 1. The molecule has 3 aromatic rings. The first-order valence-corrected chi connectivity index (χ1v) is 10.0. The van der Waals surface area contributed by atoms with E-state index in [1.54, 1.807) is 18.2 Å².